The molecule has 0 fully saturated rings. The number of aromatic hydroxyl groups is 1. The summed E-state index contributed by atoms with van der Waals surface area (Å²) in [4.78, 5) is 0. The fourth-order valence-corrected chi connectivity index (χ4v) is 2.17. The summed E-state index contributed by atoms with van der Waals surface area (Å²) in [5, 5.41) is 12.6. The Morgan fingerprint density at radius 1 is 1.00 bits per heavy atom. The van der Waals surface area contributed by atoms with E-state index in [4.69, 9.17) is 0 Å². The SMILES string of the molecule is CC(NC(C)c1ccc(O)cc1F)c1ccccc1. The van der Waals surface area contributed by atoms with E-state index < -0.39 is 0 Å². The van der Waals surface area contributed by atoms with Crippen LogP contribution in [0.15, 0.2) is 48.5 Å². The van der Waals surface area contributed by atoms with Crippen LogP contribution < -0.4 is 5.32 Å². The lowest BCUT2D eigenvalue weighted by atomic mass is 10.0. The van der Waals surface area contributed by atoms with Gasteiger partial charge in [-0.2, -0.15) is 0 Å². The lowest BCUT2D eigenvalue weighted by Gasteiger charge is -2.21. The molecule has 0 spiro atoms. The van der Waals surface area contributed by atoms with Gasteiger partial charge in [-0.3, -0.25) is 0 Å². The molecule has 2 nitrogen and oxygen atoms in total. The van der Waals surface area contributed by atoms with Gasteiger partial charge in [0.2, 0.25) is 0 Å². The second kappa shape index (κ2) is 5.85. The standard InChI is InChI=1S/C16H18FNO/c1-11(13-6-4-3-5-7-13)18-12(2)15-9-8-14(19)10-16(15)17/h3-12,18-19H,1-2H3. The van der Waals surface area contributed by atoms with Gasteiger partial charge < -0.3 is 10.4 Å². The van der Waals surface area contributed by atoms with Crippen molar-refractivity contribution >= 4 is 0 Å². The predicted octanol–water partition coefficient (Wildman–Crippen LogP) is 3.94. The van der Waals surface area contributed by atoms with Crippen LogP contribution in [0.2, 0.25) is 0 Å². The monoisotopic (exact) mass is 259 g/mol. The first-order valence-electron chi connectivity index (χ1n) is 6.37. The minimum atomic E-state index is -0.389. The summed E-state index contributed by atoms with van der Waals surface area (Å²) in [6.07, 6.45) is 0. The number of phenols is 1. The number of phenolic OH excluding ortho intramolecular Hbond substituents is 1. The number of rotatable bonds is 4. The Morgan fingerprint density at radius 3 is 2.32 bits per heavy atom. The zero-order valence-electron chi connectivity index (χ0n) is 11.1. The third-order valence-corrected chi connectivity index (χ3v) is 3.25. The number of hydrogen-bond acceptors (Lipinski definition) is 2. The molecule has 2 atom stereocenters. The van der Waals surface area contributed by atoms with E-state index in [1.165, 1.54) is 6.07 Å². The molecule has 19 heavy (non-hydrogen) atoms. The maximum atomic E-state index is 13.8. The molecular formula is C16H18FNO. The van der Waals surface area contributed by atoms with Gasteiger partial charge in [0, 0.05) is 23.7 Å². The van der Waals surface area contributed by atoms with Crippen LogP contribution >= 0.6 is 0 Å². The molecule has 0 saturated heterocycles. The highest BCUT2D eigenvalue weighted by Crippen LogP contribution is 2.23. The smallest absolute Gasteiger partial charge is 0.131 e. The van der Waals surface area contributed by atoms with Gasteiger partial charge in [-0.15, -0.1) is 0 Å². The Kier molecular flexibility index (Phi) is 4.17. The van der Waals surface area contributed by atoms with Gasteiger partial charge in [0.05, 0.1) is 0 Å². The van der Waals surface area contributed by atoms with Crippen molar-refractivity contribution in [3.63, 3.8) is 0 Å². The molecule has 0 amide bonds. The van der Waals surface area contributed by atoms with Crippen molar-refractivity contribution in [1.82, 2.24) is 5.32 Å². The first-order valence-corrected chi connectivity index (χ1v) is 6.37. The van der Waals surface area contributed by atoms with E-state index in [0.29, 0.717) is 5.56 Å². The Morgan fingerprint density at radius 2 is 1.68 bits per heavy atom. The van der Waals surface area contributed by atoms with Gasteiger partial charge in [0.1, 0.15) is 11.6 Å². The molecule has 2 aromatic rings. The first kappa shape index (κ1) is 13.6. The highest BCUT2D eigenvalue weighted by molar-refractivity contribution is 5.30. The van der Waals surface area contributed by atoms with E-state index in [1.54, 1.807) is 6.07 Å². The van der Waals surface area contributed by atoms with Crippen LogP contribution in [-0.4, -0.2) is 5.11 Å². The van der Waals surface area contributed by atoms with Gasteiger partial charge in [-0.05, 0) is 25.5 Å². The predicted molar refractivity (Wildman–Crippen MR) is 74.5 cm³/mol. The van der Waals surface area contributed by atoms with E-state index in [1.807, 2.05) is 44.2 Å². The van der Waals surface area contributed by atoms with Crippen molar-refractivity contribution in [3.05, 3.63) is 65.5 Å². The average molecular weight is 259 g/mol. The molecule has 0 heterocycles. The Bertz CT molecular complexity index is 542. The molecule has 3 heteroatoms. The van der Waals surface area contributed by atoms with Crippen molar-refractivity contribution in [2.24, 2.45) is 0 Å². The normalized spacial score (nSPS) is 14.1. The maximum absolute atomic E-state index is 13.8. The van der Waals surface area contributed by atoms with Gasteiger partial charge in [-0.25, -0.2) is 4.39 Å². The number of halogens is 1. The second-order valence-electron chi connectivity index (χ2n) is 4.73. The third-order valence-electron chi connectivity index (χ3n) is 3.25. The number of benzene rings is 2. The maximum Gasteiger partial charge on any atom is 0.131 e. The lowest BCUT2D eigenvalue weighted by Crippen LogP contribution is -2.23. The quantitative estimate of drug-likeness (QED) is 0.871. The zero-order valence-corrected chi connectivity index (χ0v) is 11.1. The summed E-state index contributed by atoms with van der Waals surface area (Å²) in [5.74, 6) is -0.440. The Labute approximate surface area is 112 Å². The van der Waals surface area contributed by atoms with Crippen LogP contribution in [0.1, 0.15) is 37.1 Å². The van der Waals surface area contributed by atoms with Crippen LogP contribution in [0.4, 0.5) is 4.39 Å². The van der Waals surface area contributed by atoms with E-state index in [2.05, 4.69) is 5.32 Å². The first-order chi connectivity index (χ1) is 9.08. The molecule has 0 aliphatic rings. The average Bonchev–Trinajstić information content (AvgIpc) is 2.39. The van der Waals surface area contributed by atoms with Gasteiger partial charge in [-0.1, -0.05) is 36.4 Å². The fraction of sp³-hybridized carbons (Fsp3) is 0.250. The summed E-state index contributed by atoms with van der Waals surface area (Å²) in [6, 6.07) is 14.3. The van der Waals surface area contributed by atoms with Crippen LogP contribution in [0.3, 0.4) is 0 Å². The van der Waals surface area contributed by atoms with E-state index in [-0.39, 0.29) is 23.7 Å². The van der Waals surface area contributed by atoms with E-state index >= 15 is 0 Å². The van der Waals surface area contributed by atoms with Crippen molar-refractivity contribution in [1.29, 1.82) is 0 Å². The zero-order chi connectivity index (χ0) is 13.8. The largest absolute Gasteiger partial charge is 0.508 e. The number of nitrogens with one attached hydrogen (secondary N) is 1. The summed E-state index contributed by atoms with van der Waals surface area (Å²) in [5.41, 5.74) is 1.72. The molecule has 2 N–H and O–H groups in total. The molecule has 0 bridgehead atoms. The van der Waals surface area contributed by atoms with Crippen LogP contribution in [0.5, 0.6) is 5.75 Å². The van der Waals surface area contributed by atoms with Gasteiger partial charge in [0.25, 0.3) is 0 Å². The molecule has 2 aromatic carbocycles. The highest BCUT2D eigenvalue weighted by atomic mass is 19.1. The van der Waals surface area contributed by atoms with Crippen LogP contribution in [-0.2, 0) is 0 Å². The van der Waals surface area contributed by atoms with Crippen molar-refractivity contribution in [3.8, 4) is 5.75 Å². The van der Waals surface area contributed by atoms with Gasteiger partial charge >= 0.3 is 0 Å². The second-order valence-corrected chi connectivity index (χ2v) is 4.73. The number of hydrogen-bond donors (Lipinski definition) is 2. The summed E-state index contributed by atoms with van der Waals surface area (Å²) in [7, 11) is 0. The molecule has 2 rings (SSSR count). The molecule has 0 radical (unpaired) electrons. The minimum absolute atomic E-state index is 0.0513. The van der Waals surface area contributed by atoms with Crippen molar-refractivity contribution < 1.29 is 9.50 Å². The summed E-state index contributed by atoms with van der Waals surface area (Å²) < 4.78 is 13.8. The van der Waals surface area contributed by atoms with E-state index in [9.17, 15) is 9.50 Å². The van der Waals surface area contributed by atoms with Crippen LogP contribution in [0, 0.1) is 5.82 Å². The third kappa shape index (κ3) is 3.32. The van der Waals surface area contributed by atoms with Crippen LogP contribution in [0.25, 0.3) is 0 Å². The minimum Gasteiger partial charge on any atom is -0.508 e. The molecule has 0 aliphatic carbocycles. The van der Waals surface area contributed by atoms with E-state index in [0.717, 1.165) is 11.6 Å². The summed E-state index contributed by atoms with van der Waals surface area (Å²) >= 11 is 0. The Balaban J connectivity index is 2.10. The van der Waals surface area contributed by atoms with Gasteiger partial charge in [0.15, 0.2) is 0 Å². The molecule has 2 unspecified atom stereocenters. The molecule has 0 aromatic heterocycles. The highest BCUT2D eigenvalue weighted by Gasteiger charge is 2.14. The lowest BCUT2D eigenvalue weighted by molar-refractivity contribution is 0.454. The van der Waals surface area contributed by atoms with Crippen molar-refractivity contribution in [2.45, 2.75) is 25.9 Å². The molecular weight excluding hydrogens is 241 g/mol. The summed E-state index contributed by atoms with van der Waals surface area (Å²) in [6.45, 7) is 3.96. The van der Waals surface area contributed by atoms with Crippen molar-refractivity contribution in [2.75, 3.05) is 0 Å². The molecule has 0 saturated carbocycles. The topological polar surface area (TPSA) is 32.3 Å². The molecule has 0 aliphatic heterocycles. The Hall–Kier alpha value is -1.87. The fourth-order valence-electron chi connectivity index (χ4n) is 2.17. The molecule has 100 valence electrons.